The summed E-state index contributed by atoms with van der Waals surface area (Å²) < 4.78 is 0. The number of nitrogens with zero attached hydrogens (tertiary/aromatic N) is 1. The minimum absolute atomic E-state index is 0.0898. The van der Waals surface area contributed by atoms with Crippen LogP contribution in [0.25, 0.3) is 0 Å². The van der Waals surface area contributed by atoms with E-state index in [0.717, 1.165) is 49.0 Å². The standard InChI is InChI=1S/C19H23N3O4/c23-15-10-13-9-14(8-12-4-3-7-22(15)16(12)13)21-18(25)17(24)20-11-19(26)5-1-2-6-19/h8-9,26H,1-7,10-11H2,(H,20,24)(H,21,25). The van der Waals surface area contributed by atoms with Gasteiger partial charge in [-0.15, -0.1) is 0 Å². The summed E-state index contributed by atoms with van der Waals surface area (Å²) in [7, 11) is 0. The molecule has 138 valence electrons. The first kappa shape index (κ1) is 17.0. The molecule has 3 N–H and O–H groups in total. The lowest BCUT2D eigenvalue weighted by atomic mass is 9.99. The predicted octanol–water partition coefficient (Wildman–Crippen LogP) is 0.882. The molecule has 0 atom stereocenters. The molecule has 0 bridgehead atoms. The van der Waals surface area contributed by atoms with Gasteiger partial charge in [0.1, 0.15) is 0 Å². The molecular formula is C19H23N3O4. The number of nitrogens with one attached hydrogen (secondary N) is 2. The van der Waals surface area contributed by atoms with Gasteiger partial charge in [0, 0.05) is 18.8 Å². The first-order valence-electron chi connectivity index (χ1n) is 9.23. The van der Waals surface area contributed by atoms with Gasteiger partial charge in [-0.3, -0.25) is 14.4 Å². The van der Waals surface area contributed by atoms with Crippen molar-refractivity contribution in [2.45, 2.75) is 50.5 Å². The molecule has 7 nitrogen and oxygen atoms in total. The van der Waals surface area contributed by atoms with Crippen molar-refractivity contribution in [1.82, 2.24) is 5.32 Å². The number of anilines is 2. The number of hydrogen-bond donors (Lipinski definition) is 3. The van der Waals surface area contributed by atoms with Crippen LogP contribution in [0.3, 0.4) is 0 Å². The molecule has 2 heterocycles. The van der Waals surface area contributed by atoms with Gasteiger partial charge in [0.05, 0.1) is 17.7 Å². The molecule has 3 aliphatic rings. The maximum absolute atomic E-state index is 12.2. The van der Waals surface area contributed by atoms with Crippen LogP contribution in [-0.4, -0.2) is 41.5 Å². The van der Waals surface area contributed by atoms with E-state index in [1.54, 1.807) is 6.07 Å². The highest BCUT2D eigenvalue weighted by molar-refractivity contribution is 6.39. The third-order valence-corrected chi connectivity index (χ3v) is 5.58. The lowest BCUT2D eigenvalue weighted by Gasteiger charge is -2.26. The second-order valence-corrected chi connectivity index (χ2v) is 7.54. The van der Waals surface area contributed by atoms with Crippen LogP contribution in [0.4, 0.5) is 11.4 Å². The molecule has 1 aromatic rings. The second kappa shape index (κ2) is 6.39. The van der Waals surface area contributed by atoms with Crippen LogP contribution in [0.1, 0.15) is 43.2 Å². The molecule has 1 aliphatic carbocycles. The molecule has 1 saturated carbocycles. The Morgan fingerprint density at radius 3 is 2.62 bits per heavy atom. The second-order valence-electron chi connectivity index (χ2n) is 7.54. The van der Waals surface area contributed by atoms with Crippen LogP contribution in [0, 0.1) is 0 Å². The van der Waals surface area contributed by atoms with Gasteiger partial charge in [0.2, 0.25) is 5.91 Å². The normalized spacial score (nSPS) is 20.0. The third-order valence-electron chi connectivity index (χ3n) is 5.58. The van der Waals surface area contributed by atoms with Gasteiger partial charge in [-0.2, -0.15) is 0 Å². The highest BCUT2D eigenvalue weighted by atomic mass is 16.3. The Labute approximate surface area is 151 Å². The Hall–Kier alpha value is -2.41. The molecule has 2 aliphatic heterocycles. The molecule has 0 saturated heterocycles. The van der Waals surface area contributed by atoms with Crippen molar-refractivity contribution in [3.63, 3.8) is 0 Å². The van der Waals surface area contributed by atoms with Gasteiger partial charge in [0.15, 0.2) is 0 Å². The number of benzene rings is 1. The summed E-state index contributed by atoms with van der Waals surface area (Å²) in [6.07, 6.45) is 5.26. The Bertz CT molecular complexity index is 783. The summed E-state index contributed by atoms with van der Waals surface area (Å²) in [5.74, 6) is -1.42. The number of carbonyl (C=O) groups excluding carboxylic acids is 3. The Balaban J connectivity index is 1.43. The molecule has 7 heteroatoms. The van der Waals surface area contributed by atoms with E-state index in [4.69, 9.17) is 0 Å². The zero-order chi connectivity index (χ0) is 18.3. The lowest BCUT2D eigenvalue weighted by Crippen LogP contribution is -2.44. The highest BCUT2D eigenvalue weighted by Crippen LogP contribution is 2.38. The van der Waals surface area contributed by atoms with Crippen LogP contribution in [0.15, 0.2) is 12.1 Å². The van der Waals surface area contributed by atoms with Crippen molar-refractivity contribution < 1.29 is 19.5 Å². The van der Waals surface area contributed by atoms with Crippen molar-refractivity contribution in [2.24, 2.45) is 0 Å². The van der Waals surface area contributed by atoms with Crippen molar-refractivity contribution >= 4 is 29.1 Å². The minimum Gasteiger partial charge on any atom is -0.388 e. The SMILES string of the molecule is O=C(NCC1(O)CCCC1)C(=O)Nc1cc2c3c(c1)CC(=O)N3CCC2. The maximum atomic E-state index is 12.2. The minimum atomic E-state index is -0.891. The fourth-order valence-corrected chi connectivity index (χ4v) is 4.27. The van der Waals surface area contributed by atoms with Crippen molar-refractivity contribution in [1.29, 1.82) is 0 Å². The molecule has 0 radical (unpaired) electrons. The Morgan fingerprint density at radius 1 is 1.12 bits per heavy atom. The van der Waals surface area contributed by atoms with Crippen molar-refractivity contribution in [3.8, 4) is 0 Å². The molecule has 0 aromatic heterocycles. The first-order valence-corrected chi connectivity index (χ1v) is 9.23. The zero-order valence-corrected chi connectivity index (χ0v) is 14.6. The fraction of sp³-hybridized carbons (Fsp3) is 0.526. The largest absolute Gasteiger partial charge is 0.388 e. The number of aryl methyl sites for hydroxylation is 1. The Kier molecular flexibility index (Phi) is 4.19. The average molecular weight is 357 g/mol. The summed E-state index contributed by atoms with van der Waals surface area (Å²) in [6, 6.07) is 3.62. The predicted molar refractivity (Wildman–Crippen MR) is 95.9 cm³/mol. The molecule has 0 spiro atoms. The van der Waals surface area contributed by atoms with Crippen LogP contribution >= 0.6 is 0 Å². The summed E-state index contributed by atoms with van der Waals surface area (Å²) >= 11 is 0. The van der Waals surface area contributed by atoms with Crippen LogP contribution in [0.2, 0.25) is 0 Å². The van der Waals surface area contributed by atoms with Gasteiger partial charge in [-0.1, -0.05) is 12.8 Å². The summed E-state index contributed by atoms with van der Waals surface area (Å²) in [5, 5.41) is 15.4. The number of aliphatic hydroxyl groups is 1. The van der Waals surface area contributed by atoms with E-state index in [2.05, 4.69) is 10.6 Å². The fourth-order valence-electron chi connectivity index (χ4n) is 4.27. The molecule has 4 rings (SSSR count). The Morgan fingerprint density at radius 2 is 1.85 bits per heavy atom. The first-order chi connectivity index (χ1) is 12.5. The zero-order valence-electron chi connectivity index (χ0n) is 14.6. The molecule has 0 unspecified atom stereocenters. The van der Waals surface area contributed by atoms with Crippen molar-refractivity contribution in [3.05, 3.63) is 23.3 Å². The molecule has 1 aromatic carbocycles. The number of carbonyl (C=O) groups is 3. The lowest BCUT2D eigenvalue weighted by molar-refractivity contribution is -0.136. The number of rotatable bonds is 3. The molecular weight excluding hydrogens is 334 g/mol. The van der Waals surface area contributed by atoms with Crippen molar-refractivity contribution in [2.75, 3.05) is 23.3 Å². The number of hydrogen-bond acceptors (Lipinski definition) is 4. The molecule has 26 heavy (non-hydrogen) atoms. The number of amides is 3. The smallest absolute Gasteiger partial charge is 0.313 e. The van der Waals surface area contributed by atoms with Gasteiger partial charge >= 0.3 is 11.8 Å². The quantitative estimate of drug-likeness (QED) is 0.700. The van der Waals surface area contributed by atoms with E-state index in [-0.39, 0.29) is 12.5 Å². The van der Waals surface area contributed by atoms with Crippen LogP contribution in [-0.2, 0) is 27.2 Å². The summed E-state index contributed by atoms with van der Waals surface area (Å²) in [4.78, 5) is 38.1. The average Bonchev–Trinajstić information content (AvgIpc) is 3.18. The van der Waals surface area contributed by atoms with Gasteiger partial charge in [-0.25, -0.2) is 0 Å². The molecule has 1 fully saturated rings. The third kappa shape index (κ3) is 3.07. The topological polar surface area (TPSA) is 98.7 Å². The van der Waals surface area contributed by atoms with Gasteiger partial charge in [-0.05, 0) is 48.9 Å². The maximum Gasteiger partial charge on any atom is 0.313 e. The highest BCUT2D eigenvalue weighted by Gasteiger charge is 2.34. The van der Waals surface area contributed by atoms with Gasteiger partial charge in [0.25, 0.3) is 0 Å². The van der Waals surface area contributed by atoms with E-state index in [1.165, 1.54) is 0 Å². The summed E-state index contributed by atoms with van der Waals surface area (Å²) in [6.45, 7) is 0.841. The summed E-state index contributed by atoms with van der Waals surface area (Å²) in [5.41, 5.74) is 2.57. The van der Waals surface area contributed by atoms with E-state index < -0.39 is 17.4 Å². The van der Waals surface area contributed by atoms with Crippen LogP contribution < -0.4 is 15.5 Å². The van der Waals surface area contributed by atoms with E-state index in [1.807, 2.05) is 11.0 Å². The van der Waals surface area contributed by atoms with E-state index in [0.29, 0.717) is 24.9 Å². The van der Waals surface area contributed by atoms with E-state index in [9.17, 15) is 19.5 Å². The molecule has 3 amide bonds. The van der Waals surface area contributed by atoms with Gasteiger partial charge < -0.3 is 20.6 Å². The van der Waals surface area contributed by atoms with Crippen LogP contribution in [0.5, 0.6) is 0 Å². The monoisotopic (exact) mass is 357 g/mol. The van der Waals surface area contributed by atoms with E-state index >= 15 is 0 Å².